The van der Waals surface area contributed by atoms with E-state index in [-0.39, 0.29) is 0 Å². The van der Waals surface area contributed by atoms with Gasteiger partial charge in [0.1, 0.15) is 0 Å². The van der Waals surface area contributed by atoms with Crippen LogP contribution in [0.25, 0.3) is 0 Å². The Labute approximate surface area is 158 Å². The van der Waals surface area contributed by atoms with Crippen LogP contribution in [0.3, 0.4) is 0 Å². The molecule has 0 saturated carbocycles. The van der Waals surface area contributed by atoms with Crippen molar-refractivity contribution < 1.29 is 0 Å². The number of nitrogens with zero attached hydrogens (tertiary/aromatic N) is 4. The van der Waals surface area contributed by atoms with Crippen LogP contribution in [0.2, 0.25) is 0 Å². The summed E-state index contributed by atoms with van der Waals surface area (Å²) in [7, 11) is 2.03. The number of rotatable bonds is 3. The molecule has 0 aromatic carbocycles. The molecule has 25 heavy (non-hydrogen) atoms. The summed E-state index contributed by atoms with van der Waals surface area (Å²) in [6.45, 7) is 27.7. The van der Waals surface area contributed by atoms with Crippen LogP contribution in [0.4, 0.5) is 0 Å². The minimum atomic E-state index is 0.638. The van der Waals surface area contributed by atoms with Crippen LogP contribution in [0, 0.1) is 13.8 Å². The molecule has 2 rings (SSSR count). The van der Waals surface area contributed by atoms with E-state index in [0.29, 0.717) is 12.1 Å². The Morgan fingerprint density at radius 3 is 1.88 bits per heavy atom. The van der Waals surface area contributed by atoms with Gasteiger partial charge in [-0.2, -0.15) is 5.10 Å². The Morgan fingerprint density at radius 1 is 1.00 bits per heavy atom. The van der Waals surface area contributed by atoms with Crippen molar-refractivity contribution in [1.82, 2.24) is 19.6 Å². The highest BCUT2D eigenvalue weighted by atomic mass is 15.3. The van der Waals surface area contributed by atoms with Gasteiger partial charge in [-0.25, -0.2) is 0 Å². The third kappa shape index (κ3) is 7.91. The molecule has 1 atom stereocenters. The van der Waals surface area contributed by atoms with Gasteiger partial charge in [0.25, 0.3) is 0 Å². The molecule has 1 aliphatic rings. The molecule has 0 bridgehead atoms. The van der Waals surface area contributed by atoms with E-state index in [4.69, 9.17) is 0 Å². The van der Waals surface area contributed by atoms with Gasteiger partial charge in [0.15, 0.2) is 0 Å². The van der Waals surface area contributed by atoms with Gasteiger partial charge in [-0.3, -0.25) is 14.5 Å². The maximum Gasteiger partial charge on any atom is 0.0796 e. The highest BCUT2D eigenvalue weighted by Crippen LogP contribution is 2.17. The van der Waals surface area contributed by atoms with E-state index in [1.807, 2.05) is 53.3 Å². The average Bonchev–Trinajstić information content (AvgIpc) is 2.87. The lowest BCUT2D eigenvalue weighted by atomic mass is 10.1. The highest BCUT2D eigenvalue weighted by molar-refractivity contribution is 5.23. The van der Waals surface area contributed by atoms with Crippen molar-refractivity contribution in [3.05, 3.63) is 17.0 Å². The average molecular weight is 355 g/mol. The second-order valence-corrected chi connectivity index (χ2v) is 6.20. The number of hydrogen-bond acceptors (Lipinski definition) is 3. The minimum absolute atomic E-state index is 0.638. The molecule has 0 aliphatic carbocycles. The summed E-state index contributed by atoms with van der Waals surface area (Å²) in [5.74, 6) is 0. The Bertz CT molecular complexity index is 437. The molecule has 0 radical (unpaired) electrons. The zero-order valence-electron chi connectivity index (χ0n) is 19.3. The monoisotopic (exact) mass is 354 g/mol. The maximum absolute atomic E-state index is 4.64. The predicted octanol–water partition coefficient (Wildman–Crippen LogP) is 5.03. The molecule has 2 heterocycles. The third-order valence-electron chi connectivity index (χ3n) is 4.53. The van der Waals surface area contributed by atoms with Crippen molar-refractivity contribution in [2.45, 2.75) is 94.8 Å². The van der Waals surface area contributed by atoms with E-state index in [1.54, 1.807) is 0 Å². The first-order valence-corrected chi connectivity index (χ1v) is 10.4. The molecule has 0 spiro atoms. The number of aromatic nitrogens is 2. The fraction of sp³-hybridized carbons (Fsp3) is 0.857. The standard InChI is InChI=1S/C15H28N4.3C2H6/c1-11(2)19-8-7-18(9-12(19)3)10-15-13(4)14(5)17(6)16-15;3*1-2/h11-12H,7-10H2,1-6H3;3*1-2H3/t12-;;;/m0.../s1. The molecule has 1 aliphatic heterocycles. The van der Waals surface area contributed by atoms with Crippen LogP contribution in [-0.4, -0.2) is 51.3 Å². The van der Waals surface area contributed by atoms with Crippen LogP contribution in [0.5, 0.6) is 0 Å². The van der Waals surface area contributed by atoms with E-state index >= 15 is 0 Å². The van der Waals surface area contributed by atoms with Crippen molar-refractivity contribution in [1.29, 1.82) is 0 Å². The molecule has 4 nitrogen and oxygen atoms in total. The number of aryl methyl sites for hydroxylation is 1. The Kier molecular flexibility index (Phi) is 15.1. The second kappa shape index (κ2) is 14.3. The Hall–Kier alpha value is -0.870. The van der Waals surface area contributed by atoms with E-state index in [0.717, 1.165) is 19.6 Å². The van der Waals surface area contributed by atoms with E-state index in [2.05, 4.69) is 49.5 Å². The lowest BCUT2D eigenvalue weighted by molar-refractivity contribution is 0.0556. The van der Waals surface area contributed by atoms with Crippen LogP contribution in [-0.2, 0) is 13.6 Å². The van der Waals surface area contributed by atoms with Crippen LogP contribution in [0.1, 0.15) is 79.3 Å². The molecule has 0 amide bonds. The molecule has 0 N–H and O–H groups in total. The summed E-state index contributed by atoms with van der Waals surface area (Å²) >= 11 is 0. The molecule has 0 unspecified atom stereocenters. The summed E-state index contributed by atoms with van der Waals surface area (Å²) in [6.07, 6.45) is 0. The highest BCUT2D eigenvalue weighted by Gasteiger charge is 2.26. The molecule has 1 fully saturated rings. The minimum Gasteiger partial charge on any atom is -0.296 e. The van der Waals surface area contributed by atoms with Gasteiger partial charge in [0.05, 0.1) is 5.69 Å². The smallest absolute Gasteiger partial charge is 0.0796 e. The maximum atomic E-state index is 4.64. The molecule has 1 aromatic heterocycles. The van der Waals surface area contributed by atoms with Gasteiger partial charge in [0, 0.05) is 51.0 Å². The van der Waals surface area contributed by atoms with Gasteiger partial charge < -0.3 is 0 Å². The number of piperazine rings is 1. The van der Waals surface area contributed by atoms with Gasteiger partial charge in [-0.1, -0.05) is 41.5 Å². The largest absolute Gasteiger partial charge is 0.296 e. The topological polar surface area (TPSA) is 24.3 Å². The van der Waals surface area contributed by atoms with Crippen LogP contribution < -0.4 is 0 Å². The first kappa shape index (κ1) is 26.4. The third-order valence-corrected chi connectivity index (χ3v) is 4.53. The second-order valence-electron chi connectivity index (χ2n) is 6.20. The van der Waals surface area contributed by atoms with E-state index < -0.39 is 0 Å². The summed E-state index contributed by atoms with van der Waals surface area (Å²) in [5.41, 5.74) is 3.87. The lowest BCUT2D eigenvalue weighted by Gasteiger charge is -2.41. The molecular weight excluding hydrogens is 308 g/mol. The van der Waals surface area contributed by atoms with Crippen molar-refractivity contribution in [3.8, 4) is 0 Å². The van der Waals surface area contributed by atoms with Gasteiger partial charge >= 0.3 is 0 Å². The van der Waals surface area contributed by atoms with Gasteiger partial charge in [-0.05, 0) is 40.2 Å². The van der Waals surface area contributed by atoms with Gasteiger partial charge in [0.2, 0.25) is 0 Å². The normalized spacial score (nSPS) is 17.7. The fourth-order valence-electron chi connectivity index (χ4n) is 3.10. The van der Waals surface area contributed by atoms with E-state index in [1.165, 1.54) is 23.5 Å². The van der Waals surface area contributed by atoms with Crippen molar-refractivity contribution in [3.63, 3.8) is 0 Å². The molecule has 1 aromatic rings. The Balaban J connectivity index is 0. The SMILES string of the molecule is CC.CC.CC.Cc1c(CN2CCN(C(C)C)[C@@H](C)C2)nn(C)c1C. The molecule has 1 saturated heterocycles. The summed E-state index contributed by atoms with van der Waals surface area (Å²) in [4.78, 5) is 5.13. The van der Waals surface area contributed by atoms with Crippen LogP contribution >= 0.6 is 0 Å². The zero-order chi connectivity index (χ0) is 20.2. The molecule has 4 heteroatoms. The summed E-state index contributed by atoms with van der Waals surface area (Å²) in [6, 6.07) is 1.29. The van der Waals surface area contributed by atoms with Crippen LogP contribution in [0.15, 0.2) is 0 Å². The predicted molar refractivity (Wildman–Crippen MR) is 113 cm³/mol. The number of hydrogen-bond donors (Lipinski definition) is 0. The summed E-state index contributed by atoms with van der Waals surface area (Å²) < 4.78 is 2.00. The van der Waals surface area contributed by atoms with Crippen molar-refractivity contribution >= 4 is 0 Å². The first-order valence-electron chi connectivity index (χ1n) is 10.4. The lowest BCUT2D eigenvalue weighted by Crippen LogP contribution is -2.53. The first-order chi connectivity index (χ1) is 11.9. The quantitative estimate of drug-likeness (QED) is 0.761. The molecule has 150 valence electrons. The summed E-state index contributed by atoms with van der Waals surface area (Å²) in [5, 5.41) is 4.64. The fourth-order valence-corrected chi connectivity index (χ4v) is 3.10. The zero-order valence-corrected chi connectivity index (χ0v) is 19.3. The van der Waals surface area contributed by atoms with Crippen molar-refractivity contribution in [2.24, 2.45) is 7.05 Å². The van der Waals surface area contributed by atoms with Crippen molar-refractivity contribution in [2.75, 3.05) is 19.6 Å². The Morgan fingerprint density at radius 2 is 1.52 bits per heavy atom. The molecular formula is C21H46N4. The van der Waals surface area contributed by atoms with Gasteiger partial charge in [-0.15, -0.1) is 0 Å². The van der Waals surface area contributed by atoms with E-state index in [9.17, 15) is 0 Å².